The zero-order valence-electron chi connectivity index (χ0n) is 14.7. The molecule has 4 rings (SSSR count). The van der Waals surface area contributed by atoms with Crippen molar-refractivity contribution in [2.24, 2.45) is 0 Å². The molecule has 6 heteroatoms. The predicted molar refractivity (Wildman–Crippen MR) is 96.4 cm³/mol. The first-order valence-electron chi connectivity index (χ1n) is 8.81. The van der Waals surface area contributed by atoms with Gasteiger partial charge in [0.1, 0.15) is 11.6 Å². The maximum absolute atomic E-state index is 14.6. The van der Waals surface area contributed by atoms with Crippen molar-refractivity contribution in [1.29, 1.82) is 0 Å². The first-order valence-corrected chi connectivity index (χ1v) is 8.81. The molecular weight excluding hydrogens is 372 g/mol. The summed E-state index contributed by atoms with van der Waals surface area (Å²) < 4.78 is 66.6. The highest BCUT2D eigenvalue weighted by molar-refractivity contribution is 5.71. The summed E-state index contributed by atoms with van der Waals surface area (Å²) in [6.07, 6.45) is 0.186. The summed E-state index contributed by atoms with van der Waals surface area (Å²) in [7, 11) is 0. The van der Waals surface area contributed by atoms with Crippen LogP contribution >= 0.6 is 0 Å². The maximum Gasteiger partial charge on any atom is 0.183 e. The Kier molecular flexibility index (Phi) is 5.15. The molecule has 0 saturated carbocycles. The van der Waals surface area contributed by atoms with E-state index in [1.54, 1.807) is 6.07 Å². The summed E-state index contributed by atoms with van der Waals surface area (Å²) in [5.41, 5.74) is 1.41. The van der Waals surface area contributed by atoms with Crippen molar-refractivity contribution < 1.29 is 27.0 Å². The molecule has 1 fully saturated rings. The second-order valence-corrected chi connectivity index (χ2v) is 6.49. The third-order valence-corrected chi connectivity index (χ3v) is 4.60. The smallest absolute Gasteiger partial charge is 0.183 e. The van der Waals surface area contributed by atoms with Crippen LogP contribution in [0.25, 0.3) is 22.3 Å². The Bertz CT molecular complexity index is 1010. The third kappa shape index (κ3) is 3.66. The average molecular weight is 388 g/mol. The predicted octanol–water partition coefficient (Wildman–Crippen LogP) is 6.01. The van der Waals surface area contributed by atoms with Crippen LogP contribution in [0.3, 0.4) is 0 Å². The number of hydrogen-bond donors (Lipinski definition) is 0. The van der Waals surface area contributed by atoms with Crippen molar-refractivity contribution in [2.45, 2.75) is 12.7 Å². The zero-order valence-corrected chi connectivity index (χ0v) is 14.7. The van der Waals surface area contributed by atoms with Gasteiger partial charge in [0, 0.05) is 16.7 Å². The Labute approximate surface area is 159 Å². The summed E-state index contributed by atoms with van der Waals surface area (Å²) in [5.74, 6) is -3.26. The lowest BCUT2D eigenvalue weighted by Gasteiger charge is -2.23. The van der Waals surface area contributed by atoms with Crippen molar-refractivity contribution >= 4 is 0 Å². The van der Waals surface area contributed by atoms with Gasteiger partial charge in [-0.3, -0.25) is 0 Å². The van der Waals surface area contributed by atoms with Gasteiger partial charge in [-0.2, -0.15) is 0 Å². The third-order valence-electron chi connectivity index (χ3n) is 4.60. The van der Waals surface area contributed by atoms with Gasteiger partial charge in [-0.25, -0.2) is 17.6 Å². The summed E-state index contributed by atoms with van der Waals surface area (Å²) in [4.78, 5) is 0. The van der Waals surface area contributed by atoms with Crippen LogP contribution < -0.4 is 0 Å². The molecule has 0 spiro atoms. The highest BCUT2D eigenvalue weighted by Crippen LogP contribution is 2.32. The van der Waals surface area contributed by atoms with Crippen LogP contribution in [0, 0.1) is 23.3 Å². The quantitative estimate of drug-likeness (QED) is 0.512. The zero-order chi connectivity index (χ0) is 19.7. The second-order valence-electron chi connectivity index (χ2n) is 6.49. The molecule has 0 N–H and O–H groups in total. The number of benzene rings is 3. The lowest BCUT2D eigenvalue weighted by atomic mass is 9.98. The van der Waals surface area contributed by atoms with Crippen molar-refractivity contribution in [1.82, 2.24) is 0 Å². The van der Waals surface area contributed by atoms with Crippen LogP contribution in [-0.2, 0) is 9.47 Å². The molecular formula is C22H16F4O2. The molecule has 0 aromatic heterocycles. The fourth-order valence-corrected chi connectivity index (χ4v) is 3.17. The monoisotopic (exact) mass is 388 g/mol. The average Bonchev–Trinajstić information content (AvgIpc) is 2.71. The molecule has 2 nitrogen and oxygen atoms in total. The fraction of sp³-hybridized carbons (Fsp3) is 0.182. The van der Waals surface area contributed by atoms with E-state index in [9.17, 15) is 17.6 Å². The summed E-state index contributed by atoms with van der Waals surface area (Å²) in [6, 6.07) is 11.8. The second kappa shape index (κ2) is 7.73. The van der Waals surface area contributed by atoms with Gasteiger partial charge in [-0.15, -0.1) is 0 Å². The van der Waals surface area contributed by atoms with Gasteiger partial charge in [-0.1, -0.05) is 30.3 Å². The highest BCUT2D eigenvalue weighted by Gasteiger charge is 2.19. The Morgan fingerprint density at radius 3 is 1.79 bits per heavy atom. The lowest BCUT2D eigenvalue weighted by Crippen LogP contribution is -2.17. The summed E-state index contributed by atoms with van der Waals surface area (Å²) >= 11 is 0. The van der Waals surface area contributed by atoms with Crippen LogP contribution in [0.5, 0.6) is 0 Å². The van der Waals surface area contributed by atoms with Gasteiger partial charge >= 0.3 is 0 Å². The minimum atomic E-state index is -1.06. The molecule has 28 heavy (non-hydrogen) atoms. The van der Waals surface area contributed by atoms with E-state index < -0.39 is 29.6 Å². The molecule has 3 aromatic rings. The first kappa shape index (κ1) is 18.7. The first-order chi connectivity index (χ1) is 13.5. The summed E-state index contributed by atoms with van der Waals surface area (Å²) in [5, 5.41) is 0. The van der Waals surface area contributed by atoms with Gasteiger partial charge in [0.25, 0.3) is 0 Å². The van der Waals surface area contributed by atoms with Crippen molar-refractivity contribution in [3.63, 3.8) is 0 Å². The number of rotatable bonds is 3. The van der Waals surface area contributed by atoms with E-state index in [1.807, 2.05) is 0 Å². The van der Waals surface area contributed by atoms with E-state index in [-0.39, 0.29) is 16.7 Å². The minimum Gasteiger partial charge on any atom is -0.348 e. The molecule has 1 aliphatic rings. The molecule has 3 aromatic carbocycles. The topological polar surface area (TPSA) is 18.5 Å². The van der Waals surface area contributed by atoms with Crippen LogP contribution in [0.1, 0.15) is 18.3 Å². The van der Waals surface area contributed by atoms with Crippen LogP contribution in [0.15, 0.2) is 54.6 Å². The Morgan fingerprint density at radius 2 is 1.18 bits per heavy atom. The molecule has 0 unspecified atom stereocenters. The maximum atomic E-state index is 14.6. The van der Waals surface area contributed by atoms with Crippen molar-refractivity contribution in [3.8, 4) is 22.3 Å². The molecule has 0 atom stereocenters. The lowest BCUT2D eigenvalue weighted by molar-refractivity contribution is -0.183. The van der Waals surface area contributed by atoms with Gasteiger partial charge < -0.3 is 9.47 Å². The molecule has 144 valence electrons. The normalized spacial score (nSPS) is 15.0. The minimum absolute atomic E-state index is 0.101. The molecule has 0 aliphatic carbocycles. The molecule has 1 heterocycles. The number of ether oxygens (including phenoxy) is 2. The van der Waals surface area contributed by atoms with E-state index in [2.05, 4.69) is 0 Å². The fourth-order valence-electron chi connectivity index (χ4n) is 3.17. The largest absolute Gasteiger partial charge is 0.348 e. The molecule has 1 saturated heterocycles. The molecule has 0 amide bonds. The van der Waals surface area contributed by atoms with E-state index >= 15 is 0 Å². The Balaban J connectivity index is 1.64. The standard InChI is InChI=1S/C22H16F4O2/c23-18-7-4-14(11-21(18)26)16-5-2-13(10-19(16)24)17-6-3-15(12-20(17)25)22-27-8-1-9-28-22/h2-7,10-12,22H,1,8-9H2. The van der Waals surface area contributed by atoms with Crippen LogP contribution in [0.4, 0.5) is 17.6 Å². The van der Waals surface area contributed by atoms with E-state index in [1.165, 1.54) is 36.4 Å². The van der Waals surface area contributed by atoms with E-state index in [0.29, 0.717) is 24.3 Å². The highest BCUT2D eigenvalue weighted by atomic mass is 19.2. The number of hydrogen-bond acceptors (Lipinski definition) is 2. The molecule has 1 aliphatic heterocycles. The van der Waals surface area contributed by atoms with Gasteiger partial charge in [0.05, 0.1) is 13.2 Å². The molecule has 0 bridgehead atoms. The van der Waals surface area contributed by atoms with Gasteiger partial charge in [0.15, 0.2) is 17.9 Å². The van der Waals surface area contributed by atoms with E-state index in [0.717, 1.165) is 18.6 Å². The van der Waals surface area contributed by atoms with E-state index in [4.69, 9.17) is 9.47 Å². The van der Waals surface area contributed by atoms with Crippen LogP contribution in [0.2, 0.25) is 0 Å². The van der Waals surface area contributed by atoms with Crippen molar-refractivity contribution in [2.75, 3.05) is 13.2 Å². The van der Waals surface area contributed by atoms with Crippen LogP contribution in [-0.4, -0.2) is 13.2 Å². The van der Waals surface area contributed by atoms with Gasteiger partial charge in [-0.05, 0) is 41.8 Å². The Morgan fingerprint density at radius 1 is 0.607 bits per heavy atom. The van der Waals surface area contributed by atoms with Gasteiger partial charge in [0.2, 0.25) is 0 Å². The van der Waals surface area contributed by atoms with Crippen molar-refractivity contribution in [3.05, 3.63) is 83.4 Å². The SMILES string of the molecule is Fc1ccc(-c2ccc(-c3ccc(C4OCCCO4)cc3F)cc2F)cc1F. The Hall–Kier alpha value is -2.70. The molecule has 0 radical (unpaired) electrons. The summed E-state index contributed by atoms with van der Waals surface area (Å²) in [6.45, 7) is 1.09. The number of halogens is 4.